The van der Waals surface area contributed by atoms with Crippen LogP contribution in [0.3, 0.4) is 0 Å². The number of hydrogen-bond donors (Lipinski definition) is 1. The van der Waals surface area contributed by atoms with E-state index >= 15 is 0 Å². The number of pyridine rings is 1. The summed E-state index contributed by atoms with van der Waals surface area (Å²) in [4.78, 5) is 3.57. The van der Waals surface area contributed by atoms with Gasteiger partial charge in [-0.25, -0.2) is 4.98 Å². The number of nitrogens with two attached hydrogens (primary N) is 1. The number of hydrogen-bond acceptors (Lipinski definition) is 2. The summed E-state index contributed by atoms with van der Waals surface area (Å²) in [5.74, 6) is -0.531. The first-order chi connectivity index (χ1) is 6.79. The van der Waals surface area contributed by atoms with Crippen molar-refractivity contribution in [3.8, 4) is 11.1 Å². The fraction of sp³-hybridized carbons (Fsp3) is 0. The maximum atomic E-state index is 13.3. The Morgan fingerprint density at radius 1 is 1.07 bits per heavy atom. The highest BCUT2D eigenvalue weighted by molar-refractivity contribution is 5.75. The van der Waals surface area contributed by atoms with E-state index in [1.54, 1.807) is 18.2 Å². The average molecular weight is 188 g/mol. The molecule has 0 aliphatic rings. The molecule has 2 aromatic rings. The summed E-state index contributed by atoms with van der Waals surface area (Å²) in [5, 5.41) is 0. The lowest BCUT2D eigenvalue weighted by molar-refractivity contribution is 0.588. The molecule has 0 atom stereocenters. The first-order valence-corrected chi connectivity index (χ1v) is 4.24. The maximum absolute atomic E-state index is 13.3. The summed E-state index contributed by atoms with van der Waals surface area (Å²) in [6.45, 7) is 0. The van der Waals surface area contributed by atoms with Gasteiger partial charge >= 0.3 is 0 Å². The van der Waals surface area contributed by atoms with Crippen molar-refractivity contribution in [3.63, 3.8) is 0 Å². The van der Waals surface area contributed by atoms with Crippen LogP contribution in [-0.4, -0.2) is 4.98 Å². The topological polar surface area (TPSA) is 38.9 Å². The first kappa shape index (κ1) is 8.69. The van der Waals surface area contributed by atoms with Crippen molar-refractivity contribution < 1.29 is 4.39 Å². The van der Waals surface area contributed by atoms with E-state index in [0.717, 1.165) is 5.56 Å². The largest absolute Gasteiger partial charge is 0.398 e. The molecule has 0 fully saturated rings. The Hall–Kier alpha value is -1.90. The maximum Gasteiger partial charge on any atom is 0.222 e. The molecule has 0 bridgehead atoms. The van der Waals surface area contributed by atoms with Gasteiger partial charge < -0.3 is 5.73 Å². The normalized spacial score (nSPS) is 10.1. The van der Waals surface area contributed by atoms with Crippen molar-refractivity contribution in [2.75, 3.05) is 5.73 Å². The summed E-state index contributed by atoms with van der Waals surface area (Å²) in [5.41, 5.74) is 7.19. The molecule has 2 N–H and O–H groups in total. The van der Waals surface area contributed by atoms with Crippen LogP contribution in [0.1, 0.15) is 0 Å². The third kappa shape index (κ3) is 1.44. The van der Waals surface area contributed by atoms with E-state index in [1.165, 1.54) is 6.20 Å². The fourth-order valence-corrected chi connectivity index (χ4v) is 1.34. The van der Waals surface area contributed by atoms with Gasteiger partial charge in [-0.1, -0.05) is 30.3 Å². The van der Waals surface area contributed by atoms with E-state index in [9.17, 15) is 4.39 Å². The molecule has 70 valence electrons. The van der Waals surface area contributed by atoms with Crippen molar-refractivity contribution in [2.45, 2.75) is 0 Å². The Bertz CT molecular complexity index is 420. The molecule has 2 nitrogen and oxygen atoms in total. The highest BCUT2D eigenvalue weighted by Gasteiger charge is 2.08. The number of benzene rings is 1. The molecular weight excluding hydrogens is 179 g/mol. The molecule has 0 spiro atoms. The van der Waals surface area contributed by atoms with E-state index < -0.39 is 5.95 Å². The predicted octanol–water partition coefficient (Wildman–Crippen LogP) is 2.47. The van der Waals surface area contributed by atoms with Crippen LogP contribution < -0.4 is 5.73 Å². The Morgan fingerprint density at radius 3 is 2.43 bits per heavy atom. The second-order valence-corrected chi connectivity index (χ2v) is 2.93. The SMILES string of the molecule is Nc1ccnc(F)c1-c1ccccc1. The highest BCUT2D eigenvalue weighted by Crippen LogP contribution is 2.26. The first-order valence-electron chi connectivity index (χ1n) is 4.24. The molecule has 0 unspecified atom stereocenters. The Morgan fingerprint density at radius 2 is 1.79 bits per heavy atom. The molecule has 0 radical (unpaired) electrons. The minimum absolute atomic E-state index is 0.369. The third-order valence-electron chi connectivity index (χ3n) is 2.00. The van der Waals surface area contributed by atoms with Crippen LogP contribution in [-0.2, 0) is 0 Å². The van der Waals surface area contributed by atoms with Crippen LogP contribution in [0.2, 0.25) is 0 Å². The van der Waals surface area contributed by atoms with Gasteiger partial charge in [-0.05, 0) is 11.6 Å². The zero-order valence-corrected chi connectivity index (χ0v) is 7.44. The predicted molar refractivity (Wildman–Crippen MR) is 54.0 cm³/mol. The van der Waals surface area contributed by atoms with Crippen molar-refractivity contribution in [1.82, 2.24) is 4.98 Å². The van der Waals surface area contributed by atoms with Gasteiger partial charge in [0.05, 0.1) is 5.56 Å². The fourth-order valence-electron chi connectivity index (χ4n) is 1.34. The molecule has 14 heavy (non-hydrogen) atoms. The zero-order valence-electron chi connectivity index (χ0n) is 7.44. The molecule has 0 aliphatic heterocycles. The van der Waals surface area contributed by atoms with Crippen LogP contribution in [0, 0.1) is 5.95 Å². The Labute approximate surface area is 81.2 Å². The molecule has 3 heteroatoms. The van der Waals surface area contributed by atoms with Crippen LogP contribution >= 0.6 is 0 Å². The summed E-state index contributed by atoms with van der Waals surface area (Å²) in [6, 6.07) is 10.7. The van der Waals surface area contributed by atoms with Crippen LogP contribution in [0.25, 0.3) is 11.1 Å². The monoisotopic (exact) mass is 188 g/mol. The van der Waals surface area contributed by atoms with Crippen molar-refractivity contribution in [3.05, 3.63) is 48.5 Å². The Kier molecular flexibility index (Phi) is 2.14. The van der Waals surface area contributed by atoms with E-state index in [-0.39, 0.29) is 0 Å². The molecule has 1 aromatic carbocycles. The zero-order chi connectivity index (χ0) is 9.97. The van der Waals surface area contributed by atoms with E-state index in [0.29, 0.717) is 11.3 Å². The van der Waals surface area contributed by atoms with Crippen molar-refractivity contribution in [2.24, 2.45) is 0 Å². The smallest absolute Gasteiger partial charge is 0.222 e. The molecule has 1 heterocycles. The summed E-state index contributed by atoms with van der Waals surface area (Å²) in [7, 11) is 0. The summed E-state index contributed by atoms with van der Waals surface area (Å²) >= 11 is 0. The van der Waals surface area contributed by atoms with E-state index in [2.05, 4.69) is 4.98 Å². The van der Waals surface area contributed by atoms with E-state index in [4.69, 9.17) is 5.73 Å². The van der Waals surface area contributed by atoms with Gasteiger partial charge in [0.1, 0.15) is 0 Å². The number of rotatable bonds is 1. The van der Waals surface area contributed by atoms with E-state index in [1.807, 2.05) is 18.2 Å². The van der Waals surface area contributed by atoms with Crippen LogP contribution in [0.5, 0.6) is 0 Å². The molecule has 0 saturated heterocycles. The quantitative estimate of drug-likeness (QED) is 0.698. The molecule has 1 aromatic heterocycles. The lowest BCUT2D eigenvalue weighted by Gasteiger charge is -2.05. The van der Waals surface area contributed by atoms with Crippen LogP contribution in [0.15, 0.2) is 42.6 Å². The van der Waals surface area contributed by atoms with Gasteiger partial charge in [-0.15, -0.1) is 0 Å². The van der Waals surface area contributed by atoms with Gasteiger partial charge in [0.25, 0.3) is 0 Å². The molecule has 2 rings (SSSR count). The number of anilines is 1. The number of halogens is 1. The van der Waals surface area contributed by atoms with Crippen LogP contribution in [0.4, 0.5) is 10.1 Å². The molecule has 0 saturated carbocycles. The Balaban J connectivity index is 2.63. The lowest BCUT2D eigenvalue weighted by Crippen LogP contribution is -1.95. The second-order valence-electron chi connectivity index (χ2n) is 2.93. The third-order valence-corrected chi connectivity index (χ3v) is 2.00. The average Bonchev–Trinajstić information content (AvgIpc) is 2.19. The second kappa shape index (κ2) is 3.46. The molecule has 0 amide bonds. The lowest BCUT2D eigenvalue weighted by atomic mass is 10.1. The van der Waals surface area contributed by atoms with Gasteiger partial charge in [-0.2, -0.15) is 4.39 Å². The number of nitrogens with zero attached hydrogens (tertiary/aromatic N) is 1. The minimum atomic E-state index is -0.531. The van der Waals surface area contributed by atoms with Crippen molar-refractivity contribution >= 4 is 5.69 Å². The van der Waals surface area contributed by atoms with Gasteiger partial charge in [0.2, 0.25) is 5.95 Å². The minimum Gasteiger partial charge on any atom is -0.398 e. The molecular formula is C11H9FN2. The van der Waals surface area contributed by atoms with Crippen molar-refractivity contribution in [1.29, 1.82) is 0 Å². The van der Waals surface area contributed by atoms with Gasteiger partial charge in [0.15, 0.2) is 0 Å². The summed E-state index contributed by atoms with van der Waals surface area (Å²) in [6.07, 6.45) is 1.36. The van der Waals surface area contributed by atoms with Gasteiger partial charge in [-0.3, -0.25) is 0 Å². The number of nitrogen functional groups attached to an aromatic ring is 1. The molecule has 0 aliphatic carbocycles. The number of aromatic nitrogens is 1. The van der Waals surface area contributed by atoms with Gasteiger partial charge in [0, 0.05) is 11.9 Å². The summed E-state index contributed by atoms with van der Waals surface area (Å²) < 4.78 is 13.3. The highest BCUT2D eigenvalue weighted by atomic mass is 19.1. The standard InChI is InChI=1S/C11H9FN2/c12-11-10(9(13)6-7-14-11)8-4-2-1-3-5-8/h1-7H,(H2,13,14).